The van der Waals surface area contributed by atoms with Crippen molar-refractivity contribution in [2.24, 2.45) is 0 Å². The predicted octanol–water partition coefficient (Wildman–Crippen LogP) is 5.86. The number of hydrogen-bond acceptors (Lipinski definition) is 0. The van der Waals surface area contributed by atoms with Gasteiger partial charge in [0.05, 0.1) is 0 Å². The first-order valence-electron chi connectivity index (χ1n) is 6.68. The van der Waals surface area contributed by atoms with Gasteiger partial charge in [0.2, 0.25) is 0 Å². The Morgan fingerprint density at radius 2 is 1.10 bits per heavy atom. The third-order valence-electron chi connectivity index (χ3n) is 4.12. The first kappa shape index (κ1) is 12.6. The molecule has 0 amide bonds. The van der Waals surface area contributed by atoms with Crippen LogP contribution in [-0.4, -0.2) is 0 Å². The fraction of sp³-hybridized carbons (Fsp3) is 0.111. The third kappa shape index (κ3) is 1.94. The Morgan fingerprint density at radius 1 is 0.650 bits per heavy atom. The molecule has 0 radical (unpaired) electrons. The molecule has 0 aromatic heterocycles. The fourth-order valence-electron chi connectivity index (χ4n) is 3.06. The first-order valence-corrected chi connectivity index (χ1v) is 8.27. The molecule has 0 atom stereocenters. The second kappa shape index (κ2) is 4.71. The van der Waals surface area contributed by atoms with Crippen LogP contribution < -0.4 is 0 Å². The summed E-state index contributed by atoms with van der Waals surface area (Å²) in [7, 11) is 0. The van der Waals surface area contributed by atoms with Gasteiger partial charge >= 0.3 is 0 Å². The van der Waals surface area contributed by atoms with Crippen molar-refractivity contribution in [2.45, 2.75) is 12.8 Å². The first-order chi connectivity index (χ1) is 9.72. The molecule has 0 fully saturated rings. The highest BCUT2D eigenvalue weighted by atomic mass is 79.9. The molecule has 0 nitrogen and oxygen atoms in total. The van der Waals surface area contributed by atoms with Crippen LogP contribution in [0.15, 0.2) is 57.5 Å². The molecule has 20 heavy (non-hydrogen) atoms. The molecule has 1 aliphatic rings. The van der Waals surface area contributed by atoms with Crippen molar-refractivity contribution in [1.29, 1.82) is 0 Å². The van der Waals surface area contributed by atoms with E-state index in [1.807, 2.05) is 0 Å². The zero-order valence-electron chi connectivity index (χ0n) is 10.8. The minimum atomic E-state index is 1.01. The number of benzene rings is 3. The number of hydrogen-bond donors (Lipinski definition) is 0. The molecule has 2 heteroatoms. The van der Waals surface area contributed by atoms with Crippen molar-refractivity contribution < 1.29 is 0 Å². The van der Waals surface area contributed by atoms with E-state index in [1.165, 1.54) is 42.0 Å². The third-order valence-corrected chi connectivity index (χ3v) is 5.61. The summed E-state index contributed by atoms with van der Waals surface area (Å²) in [5, 5.41) is 2.67. The molecule has 0 heterocycles. The van der Waals surface area contributed by atoms with Gasteiger partial charge in [-0.05, 0) is 58.0 Å². The standard InChI is InChI=1S/C18H12Br2/c19-17-5-6-18(20)16-10-14-8-12-4-2-1-3-11(12)7-13(14)9-15(16)17/h1-8H,9-10H2. The summed E-state index contributed by atoms with van der Waals surface area (Å²) in [6.45, 7) is 0. The van der Waals surface area contributed by atoms with Crippen molar-refractivity contribution in [2.75, 3.05) is 0 Å². The summed E-state index contributed by atoms with van der Waals surface area (Å²) in [6, 6.07) is 17.6. The SMILES string of the molecule is Brc1ccc(Br)c2c1Cc1cc3ccccc3cc1C2. The van der Waals surface area contributed by atoms with Gasteiger partial charge in [0.15, 0.2) is 0 Å². The smallest absolute Gasteiger partial charge is 0.0214 e. The van der Waals surface area contributed by atoms with Crippen molar-refractivity contribution in [1.82, 2.24) is 0 Å². The molecule has 0 bridgehead atoms. The molecule has 0 unspecified atom stereocenters. The molecule has 1 aliphatic carbocycles. The molecule has 3 aromatic rings. The molecule has 0 saturated heterocycles. The van der Waals surface area contributed by atoms with E-state index in [1.54, 1.807) is 0 Å². The highest BCUT2D eigenvalue weighted by Crippen LogP contribution is 2.37. The Hall–Kier alpha value is -1.12. The lowest BCUT2D eigenvalue weighted by atomic mass is 9.84. The number of rotatable bonds is 0. The van der Waals surface area contributed by atoms with Crippen LogP contribution in [0.4, 0.5) is 0 Å². The van der Waals surface area contributed by atoms with Gasteiger partial charge in [-0.1, -0.05) is 68.3 Å². The normalized spacial score (nSPS) is 13.1. The van der Waals surface area contributed by atoms with Crippen molar-refractivity contribution in [3.05, 3.63) is 79.7 Å². The number of halogens is 2. The Kier molecular flexibility index (Phi) is 2.97. The molecule has 0 spiro atoms. The van der Waals surface area contributed by atoms with Gasteiger partial charge in [0.1, 0.15) is 0 Å². The summed E-state index contributed by atoms with van der Waals surface area (Å²) in [6.07, 6.45) is 2.02. The second-order valence-corrected chi connectivity index (χ2v) is 7.02. The van der Waals surface area contributed by atoms with E-state index < -0.39 is 0 Å². The Bertz CT molecular complexity index is 765. The van der Waals surface area contributed by atoms with E-state index >= 15 is 0 Å². The van der Waals surface area contributed by atoms with Crippen LogP contribution in [0.3, 0.4) is 0 Å². The molecular weight excluding hydrogens is 376 g/mol. The van der Waals surface area contributed by atoms with E-state index in [0.29, 0.717) is 0 Å². The van der Waals surface area contributed by atoms with Crippen LogP contribution in [0.5, 0.6) is 0 Å². The zero-order chi connectivity index (χ0) is 13.7. The lowest BCUT2D eigenvalue weighted by Gasteiger charge is -2.22. The zero-order valence-corrected chi connectivity index (χ0v) is 14.0. The van der Waals surface area contributed by atoms with Crippen LogP contribution in [0, 0.1) is 0 Å². The topological polar surface area (TPSA) is 0 Å². The van der Waals surface area contributed by atoms with E-state index in [-0.39, 0.29) is 0 Å². The summed E-state index contributed by atoms with van der Waals surface area (Å²) in [5.74, 6) is 0. The fourth-order valence-corrected chi connectivity index (χ4v) is 4.09. The van der Waals surface area contributed by atoms with Gasteiger partial charge in [-0.3, -0.25) is 0 Å². The Balaban J connectivity index is 1.94. The maximum Gasteiger partial charge on any atom is 0.0214 e. The van der Waals surface area contributed by atoms with E-state index in [2.05, 4.69) is 80.4 Å². The minimum absolute atomic E-state index is 1.01. The quantitative estimate of drug-likeness (QED) is 0.354. The lowest BCUT2D eigenvalue weighted by Crippen LogP contribution is -2.09. The number of fused-ring (bicyclic) bond motifs is 3. The van der Waals surface area contributed by atoms with E-state index in [0.717, 1.165) is 12.8 Å². The van der Waals surface area contributed by atoms with Crippen LogP contribution in [0.1, 0.15) is 22.3 Å². The summed E-state index contributed by atoms with van der Waals surface area (Å²) >= 11 is 7.39. The van der Waals surface area contributed by atoms with Gasteiger partial charge in [0.25, 0.3) is 0 Å². The van der Waals surface area contributed by atoms with Crippen LogP contribution in [0.25, 0.3) is 10.8 Å². The Morgan fingerprint density at radius 3 is 1.55 bits per heavy atom. The predicted molar refractivity (Wildman–Crippen MR) is 91.4 cm³/mol. The molecule has 0 aliphatic heterocycles. The lowest BCUT2D eigenvalue weighted by molar-refractivity contribution is 0.991. The summed E-state index contributed by atoms with van der Waals surface area (Å²) < 4.78 is 2.43. The maximum atomic E-state index is 3.70. The summed E-state index contributed by atoms with van der Waals surface area (Å²) in [5.41, 5.74) is 5.74. The van der Waals surface area contributed by atoms with Gasteiger partial charge < -0.3 is 0 Å². The second-order valence-electron chi connectivity index (χ2n) is 5.31. The molecule has 4 rings (SSSR count). The van der Waals surface area contributed by atoms with Gasteiger partial charge in [-0.25, -0.2) is 0 Å². The highest BCUT2D eigenvalue weighted by Gasteiger charge is 2.20. The monoisotopic (exact) mass is 386 g/mol. The maximum absolute atomic E-state index is 3.70. The highest BCUT2D eigenvalue weighted by molar-refractivity contribution is 9.11. The van der Waals surface area contributed by atoms with Crippen LogP contribution >= 0.6 is 31.9 Å². The van der Waals surface area contributed by atoms with Gasteiger partial charge in [-0.15, -0.1) is 0 Å². The minimum Gasteiger partial charge on any atom is -0.0616 e. The molecule has 98 valence electrons. The van der Waals surface area contributed by atoms with Gasteiger partial charge in [0, 0.05) is 8.95 Å². The average Bonchev–Trinajstić information content (AvgIpc) is 2.47. The van der Waals surface area contributed by atoms with E-state index in [9.17, 15) is 0 Å². The molecular formula is C18H12Br2. The van der Waals surface area contributed by atoms with Gasteiger partial charge in [-0.2, -0.15) is 0 Å². The summed E-state index contributed by atoms with van der Waals surface area (Å²) in [4.78, 5) is 0. The van der Waals surface area contributed by atoms with Crippen LogP contribution in [-0.2, 0) is 12.8 Å². The largest absolute Gasteiger partial charge is 0.0616 e. The Labute approximate surface area is 135 Å². The van der Waals surface area contributed by atoms with Crippen molar-refractivity contribution >= 4 is 42.6 Å². The molecule has 0 saturated carbocycles. The van der Waals surface area contributed by atoms with Crippen molar-refractivity contribution in [3.63, 3.8) is 0 Å². The molecule has 3 aromatic carbocycles. The van der Waals surface area contributed by atoms with E-state index in [4.69, 9.17) is 0 Å². The molecule has 0 N–H and O–H groups in total. The van der Waals surface area contributed by atoms with Crippen LogP contribution in [0.2, 0.25) is 0 Å². The average molecular weight is 388 g/mol. The van der Waals surface area contributed by atoms with Crippen molar-refractivity contribution in [3.8, 4) is 0 Å².